The lowest BCUT2D eigenvalue weighted by Gasteiger charge is -2.19. The van der Waals surface area contributed by atoms with Gasteiger partial charge in [0.1, 0.15) is 5.60 Å². The molecule has 0 bridgehead atoms. The SMILES string of the molecule is CCNC(=NCCNC(=O)OC(C)(C)C)NC1CC1C.I. The van der Waals surface area contributed by atoms with Crippen LogP contribution in [0.25, 0.3) is 0 Å². The van der Waals surface area contributed by atoms with Gasteiger partial charge in [0.15, 0.2) is 5.96 Å². The van der Waals surface area contributed by atoms with E-state index in [1.165, 1.54) is 6.42 Å². The first-order valence-corrected chi connectivity index (χ1v) is 7.33. The summed E-state index contributed by atoms with van der Waals surface area (Å²) < 4.78 is 5.15. The third-order valence-corrected chi connectivity index (χ3v) is 2.83. The monoisotopic (exact) mass is 412 g/mol. The van der Waals surface area contributed by atoms with Crippen molar-refractivity contribution in [2.75, 3.05) is 19.6 Å². The van der Waals surface area contributed by atoms with Gasteiger partial charge in [-0.05, 0) is 40.0 Å². The molecule has 124 valence electrons. The van der Waals surface area contributed by atoms with Crippen molar-refractivity contribution < 1.29 is 9.53 Å². The van der Waals surface area contributed by atoms with Crippen LogP contribution in [0, 0.1) is 5.92 Å². The zero-order valence-corrected chi connectivity index (χ0v) is 16.0. The van der Waals surface area contributed by atoms with E-state index in [0.29, 0.717) is 19.1 Å². The number of amides is 1. The number of rotatable bonds is 5. The van der Waals surface area contributed by atoms with Gasteiger partial charge in [-0.15, -0.1) is 24.0 Å². The van der Waals surface area contributed by atoms with Crippen molar-refractivity contribution in [2.24, 2.45) is 10.9 Å². The van der Waals surface area contributed by atoms with Gasteiger partial charge in [-0.1, -0.05) is 6.92 Å². The van der Waals surface area contributed by atoms with Crippen LogP contribution in [0.3, 0.4) is 0 Å². The summed E-state index contributed by atoms with van der Waals surface area (Å²) in [5.74, 6) is 1.53. The summed E-state index contributed by atoms with van der Waals surface area (Å²) in [5, 5.41) is 9.25. The molecule has 1 rings (SSSR count). The molecule has 21 heavy (non-hydrogen) atoms. The maximum atomic E-state index is 11.4. The van der Waals surface area contributed by atoms with Crippen molar-refractivity contribution in [2.45, 2.75) is 52.7 Å². The smallest absolute Gasteiger partial charge is 0.407 e. The lowest BCUT2D eigenvalue weighted by molar-refractivity contribution is 0.0529. The maximum Gasteiger partial charge on any atom is 0.407 e. The van der Waals surface area contributed by atoms with Crippen LogP contribution < -0.4 is 16.0 Å². The Bertz CT molecular complexity index is 355. The van der Waals surface area contributed by atoms with Gasteiger partial charge < -0.3 is 20.7 Å². The van der Waals surface area contributed by atoms with E-state index in [-0.39, 0.29) is 24.0 Å². The third-order valence-electron chi connectivity index (χ3n) is 2.83. The van der Waals surface area contributed by atoms with Crippen LogP contribution in [0.1, 0.15) is 41.0 Å². The molecule has 1 saturated carbocycles. The highest BCUT2D eigenvalue weighted by molar-refractivity contribution is 14.0. The largest absolute Gasteiger partial charge is 0.444 e. The molecule has 1 amide bonds. The molecule has 0 aromatic carbocycles. The Morgan fingerprint density at radius 1 is 1.33 bits per heavy atom. The first kappa shape index (κ1) is 20.3. The van der Waals surface area contributed by atoms with Gasteiger partial charge in [-0.3, -0.25) is 4.99 Å². The standard InChI is InChI=1S/C14H28N4O2.HI/c1-6-15-12(18-11-9-10(11)2)16-7-8-17-13(19)20-14(3,4)5;/h10-11H,6-9H2,1-5H3,(H,17,19)(H2,15,16,18);1H. The van der Waals surface area contributed by atoms with Gasteiger partial charge in [-0.2, -0.15) is 0 Å². The van der Waals surface area contributed by atoms with E-state index < -0.39 is 11.7 Å². The fraction of sp³-hybridized carbons (Fsp3) is 0.857. The van der Waals surface area contributed by atoms with Crippen molar-refractivity contribution in [3.8, 4) is 0 Å². The second-order valence-corrected chi connectivity index (χ2v) is 6.15. The van der Waals surface area contributed by atoms with Crippen molar-refractivity contribution in [3.05, 3.63) is 0 Å². The number of ether oxygens (including phenoxy) is 1. The van der Waals surface area contributed by atoms with Crippen LogP contribution >= 0.6 is 24.0 Å². The number of nitrogens with one attached hydrogen (secondary N) is 3. The molecule has 7 heteroatoms. The topological polar surface area (TPSA) is 74.8 Å². The van der Waals surface area contributed by atoms with E-state index in [9.17, 15) is 4.79 Å². The summed E-state index contributed by atoms with van der Waals surface area (Å²) >= 11 is 0. The van der Waals surface area contributed by atoms with Gasteiger partial charge in [0, 0.05) is 19.1 Å². The quantitative estimate of drug-likeness (QED) is 0.280. The summed E-state index contributed by atoms with van der Waals surface area (Å²) in [5.41, 5.74) is -0.466. The average molecular weight is 412 g/mol. The van der Waals surface area contributed by atoms with E-state index in [1.54, 1.807) is 0 Å². The first-order valence-electron chi connectivity index (χ1n) is 7.33. The van der Waals surface area contributed by atoms with E-state index >= 15 is 0 Å². The van der Waals surface area contributed by atoms with Crippen LogP contribution in [0.2, 0.25) is 0 Å². The van der Waals surface area contributed by atoms with Gasteiger partial charge in [0.2, 0.25) is 0 Å². The number of halogens is 1. The molecular weight excluding hydrogens is 383 g/mol. The summed E-state index contributed by atoms with van der Waals surface area (Å²) in [4.78, 5) is 15.9. The first-order chi connectivity index (χ1) is 9.31. The van der Waals surface area contributed by atoms with Crippen molar-refractivity contribution >= 4 is 36.0 Å². The Hall–Kier alpha value is -0.730. The van der Waals surface area contributed by atoms with E-state index in [4.69, 9.17) is 4.74 Å². The number of aliphatic imine (C=N–C) groups is 1. The second-order valence-electron chi connectivity index (χ2n) is 6.15. The molecule has 6 nitrogen and oxygen atoms in total. The summed E-state index contributed by atoms with van der Waals surface area (Å²) in [6, 6.07) is 0.534. The highest BCUT2D eigenvalue weighted by atomic mass is 127. The fourth-order valence-electron chi connectivity index (χ4n) is 1.66. The molecule has 0 aliphatic heterocycles. The normalized spacial score (nSPS) is 21.1. The Balaban J connectivity index is 0.00000400. The molecule has 2 atom stereocenters. The minimum Gasteiger partial charge on any atom is -0.444 e. The lowest BCUT2D eigenvalue weighted by Crippen LogP contribution is -2.40. The highest BCUT2D eigenvalue weighted by Crippen LogP contribution is 2.28. The van der Waals surface area contributed by atoms with Crippen molar-refractivity contribution in [1.29, 1.82) is 0 Å². The van der Waals surface area contributed by atoms with Crippen molar-refractivity contribution in [3.63, 3.8) is 0 Å². The predicted molar refractivity (Wildman–Crippen MR) is 96.3 cm³/mol. The van der Waals surface area contributed by atoms with Gasteiger partial charge in [-0.25, -0.2) is 4.79 Å². The number of nitrogens with zero attached hydrogens (tertiary/aromatic N) is 1. The minimum atomic E-state index is -0.466. The van der Waals surface area contributed by atoms with E-state index in [1.807, 2.05) is 27.7 Å². The van der Waals surface area contributed by atoms with E-state index in [0.717, 1.165) is 18.4 Å². The maximum absolute atomic E-state index is 11.4. The summed E-state index contributed by atoms with van der Waals surface area (Å²) in [7, 11) is 0. The van der Waals surface area contributed by atoms with Gasteiger partial charge in [0.05, 0.1) is 6.54 Å². The number of carbonyl (C=O) groups is 1. The molecule has 2 unspecified atom stereocenters. The van der Waals surface area contributed by atoms with Crippen molar-refractivity contribution in [1.82, 2.24) is 16.0 Å². The molecule has 3 N–H and O–H groups in total. The Morgan fingerprint density at radius 2 is 1.95 bits per heavy atom. The molecule has 0 heterocycles. The van der Waals surface area contributed by atoms with E-state index in [2.05, 4.69) is 27.9 Å². The molecule has 0 spiro atoms. The predicted octanol–water partition coefficient (Wildman–Crippen LogP) is 2.09. The number of alkyl carbamates (subject to hydrolysis) is 1. The zero-order valence-electron chi connectivity index (χ0n) is 13.7. The van der Waals surface area contributed by atoms with Gasteiger partial charge >= 0.3 is 6.09 Å². The second kappa shape index (κ2) is 9.32. The molecule has 1 aliphatic rings. The van der Waals surface area contributed by atoms with Crippen LogP contribution in [0.5, 0.6) is 0 Å². The molecule has 0 saturated heterocycles. The van der Waals surface area contributed by atoms with Gasteiger partial charge in [0.25, 0.3) is 0 Å². The number of carbonyl (C=O) groups excluding carboxylic acids is 1. The fourth-order valence-corrected chi connectivity index (χ4v) is 1.66. The number of guanidine groups is 1. The van der Waals surface area contributed by atoms with Crippen LogP contribution in [-0.2, 0) is 4.74 Å². The Morgan fingerprint density at radius 3 is 2.43 bits per heavy atom. The molecule has 1 aliphatic carbocycles. The minimum absolute atomic E-state index is 0. The Labute approximate surface area is 144 Å². The molecular formula is C14H29IN4O2. The summed E-state index contributed by atoms with van der Waals surface area (Å²) in [6.07, 6.45) is 0.794. The zero-order chi connectivity index (χ0) is 15.2. The molecule has 0 aromatic rings. The average Bonchev–Trinajstić information content (AvgIpc) is 2.98. The van der Waals surface area contributed by atoms with Crippen LogP contribution in [0.15, 0.2) is 4.99 Å². The molecule has 0 aromatic heterocycles. The number of hydrogen-bond acceptors (Lipinski definition) is 3. The highest BCUT2D eigenvalue weighted by Gasteiger charge is 2.33. The summed E-state index contributed by atoms with van der Waals surface area (Å²) in [6.45, 7) is 11.6. The Kier molecular flexibility index (Phi) is 9.00. The third kappa shape index (κ3) is 9.76. The van der Waals surface area contributed by atoms with Crippen LogP contribution in [0.4, 0.5) is 4.79 Å². The molecule has 1 fully saturated rings. The molecule has 0 radical (unpaired) electrons. The lowest BCUT2D eigenvalue weighted by atomic mass is 10.2. The number of hydrogen-bond donors (Lipinski definition) is 3. The van der Waals surface area contributed by atoms with Crippen LogP contribution in [-0.4, -0.2) is 43.3 Å².